The largest absolute Gasteiger partial charge is 0.399 e. The van der Waals surface area contributed by atoms with E-state index in [9.17, 15) is 8.42 Å². The molecule has 3 N–H and O–H groups in total. The van der Waals surface area contributed by atoms with Crippen LogP contribution in [0.15, 0.2) is 36.9 Å². The van der Waals surface area contributed by atoms with Crippen molar-refractivity contribution in [2.75, 3.05) is 16.2 Å². The van der Waals surface area contributed by atoms with E-state index < -0.39 is 10.0 Å². The molecular formula is C9H12N2O2S. The predicted molar refractivity (Wildman–Crippen MR) is 58.5 cm³/mol. The Bertz CT molecular complexity index is 426. The third-order valence-electron chi connectivity index (χ3n) is 1.50. The van der Waals surface area contributed by atoms with E-state index in [4.69, 9.17) is 5.73 Å². The van der Waals surface area contributed by atoms with E-state index in [0.29, 0.717) is 11.4 Å². The van der Waals surface area contributed by atoms with Gasteiger partial charge in [-0.2, -0.15) is 0 Å². The van der Waals surface area contributed by atoms with Crippen molar-refractivity contribution in [3.8, 4) is 0 Å². The second-order valence-electron chi connectivity index (χ2n) is 2.80. The summed E-state index contributed by atoms with van der Waals surface area (Å²) in [6.45, 7) is 3.36. The fraction of sp³-hybridized carbons (Fsp3) is 0.111. The van der Waals surface area contributed by atoms with Crippen molar-refractivity contribution < 1.29 is 8.42 Å². The third kappa shape index (κ3) is 3.10. The zero-order valence-electron chi connectivity index (χ0n) is 7.60. The van der Waals surface area contributed by atoms with Gasteiger partial charge in [-0.25, -0.2) is 8.42 Å². The van der Waals surface area contributed by atoms with Crippen molar-refractivity contribution in [2.24, 2.45) is 0 Å². The Labute approximate surface area is 83.5 Å². The number of nitrogens with two attached hydrogens (primary N) is 1. The molecule has 0 aliphatic rings. The van der Waals surface area contributed by atoms with E-state index in [2.05, 4.69) is 11.3 Å². The van der Waals surface area contributed by atoms with Gasteiger partial charge in [0.15, 0.2) is 0 Å². The first-order chi connectivity index (χ1) is 6.53. The molecule has 0 saturated heterocycles. The van der Waals surface area contributed by atoms with Gasteiger partial charge >= 0.3 is 0 Å². The van der Waals surface area contributed by atoms with Crippen molar-refractivity contribution >= 4 is 21.4 Å². The SMILES string of the molecule is C=CCS(=O)(=O)Nc1cccc(N)c1. The minimum Gasteiger partial charge on any atom is -0.399 e. The van der Waals surface area contributed by atoms with Crippen molar-refractivity contribution in [1.82, 2.24) is 0 Å². The highest BCUT2D eigenvalue weighted by Crippen LogP contribution is 2.13. The van der Waals surface area contributed by atoms with Gasteiger partial charge in [0.05, 0.1) is 11.4 Å². The molecule has 1 rings (SSSR count). The van der Waals surface area contributed by atoms with Crippen LogP contribution in [0.5, 0.6) is 0 Å². The molecule has 0 saturated carbocycles. The molecule has 0 heterocycles. The lowest BCUT2D eigenvalue weighted by Gasteiger charge is -2.05. The minimum absolute atomic E-state index is 0.109. The first-order valence-corrected chi connectivity index (χ1v) is 5.65. The number of hydrogen-bond acceptors (Lipinski definition) is 3. The molecule has 0 atom stereocenters. The topological polar surface area (TPSA) is 72.2 Å². The molecule has 4 nitrogen and oxygen atoms in total. The maximum Gasteiger partial charge on any atom is 0.236 e. The summed E-state index contributed by atoms with van der Waals surface area (Å²) in [4.78, 5) is 0. The average molecular weight is 212 g/mol. The first kappa shape index (κ1) is 10.6. The van der Waals surface area contributed by atoms with E-state index in [1.165, 1.54) is 6.08 Å². The van der Waals surface area contributed by atoms with Gasteiger partial charge < -0.3 is 5.73 Å². The van der Waals surface area contributed by atoms with Crippen molar-refractivity contribution in [1.29, 1.82) is 0 Å². The Hall–Kier alpha value is -1.49. The number of nitrogens with one attached hydrogen (secondary N) is 1. The number of anilines is 2. The normalized spacial score (nSPS) is 10.9. The lowest BCUT2D eigenvalue weighted by Crippen LogP contribution is -2.15. The molecular weight excluding hydrogens is 200 g/mol. The third-order valence-corrected chi connectivity index (χ3v) is 2.72. The Morgan fingerprint density at radius 2 is 2.21 bits per heavy atom. The molecule has 0 radical (unpaired) electrons. The fourth-order valence-corrected chi connectivity index (χ4v) is 1.86. The average Bonchev–Trinajstić information content (AvgIpc) is 2.02. The van der Waals surface area contributed by atoms with E-state index in [1.807, 2.05) is 0 Å². The van der Waals surface area contributed by atoms with Gasteiger partial charge in [-0.1, -0.05) is 12.1 Å². The maximum atomic E-state index is 11.3. The molecule has 0 spiro atoms. The van der Waals surface area contributed by atoms with Gasteiger partial charge in [-0.05, 0) is 18.2 Å². The molecule has 0 amide bonds. The lowest BCUT2D eigenvalue weighted by atomic mass is 10.3. The van der Waals surface area contributed by atoms with Crippen LogP contribution >= 0.6 is 0 Å². The first-order valence-electron chi connectivity index (χ1n) is 4.00. The summed E-state index contributed by atoms with van der Waals surface area (Å²) in [5, 5.41) is 0. The molecule has 76 valence electrons. The van der Waals surface area contributed by atoms with Crippen LogP contribution in [-0.2, 0) is 10.0 Å². The summed E-state index contributed by atoms with van der Waals surface area (Å²) in [5.74, 6) is -0.109. The Kier molecular flexibility index (Phi) is 3.14. The van der Waals surface area contributed by atoms with Crippen LogP contribution in [0.1, 0.15) is 0 Å². The van der Waals surface area contributed by atoms with E-state index in [1.54, 1.807) is 24.3 Å². The number of benzene rings is 1. The minimum atomic E-state index is -3.33. The highest BCUT2D eigenvalue weighted by molar-refractivity contribution is 7.92. The van der Waals surface area contributed by atoms with Crippen molar-refractivity contribution in [3.63, 3.8) is 0 Å². The fourth-order valence-electron chi connectivity index (χ4n) is 0.979. The van der Waals surface area contributed by atoms with Crippen LogP contribution < -0.4 is 10.5 Å². The van der Waals surface area contributed by atoms with Gasteiger partial charge in [-0.15, -0.1) is 6.58 Å². The molecule has 0 aliphatic carbocycles. The summed E-state index contributed by atoms with van der Waals surface area (Å²) >= 11 is 0. The van der Waals surface area contributed by atoms with Crippen LogP contribution in [0, 0.1) is 0 Å². The predicted octanol–water partition coefficient (Wildman–Crippen LogP) is 1.20. The number of nitrogen functional groups attached to an aromatic ring is 1. The summed E-state index contributed by atoms with van der Waals surface area (Å²) in [6, 6.07) is 6.56. The number of rotatable bonds is 4. The quantitative estimate of drug-likeness (QED) is 0.581. The van der Waals surface area contributed by atoms with Crippen LogP contribution in [0.25, 0.3) is 0 Å². The van der Waals surface area contributed by atoms with Crippen molar-refractivity contribution in [2.45, 2.75) is 0 Å². The smallest absolute Gasteiger partial charge is 0.236 e. The summed E-state index contributed by atoms with van der Waals surface area (Å²) < 4.78 is 25.0. The molecule has 0 unspecified atom stereocenters. The van der Waals surface area contributed by atoms with Gasteiger partial charge in [0.1, 0.15) is 0 Å². The zero-order valence-corrected chi connectivity index (χ0v) is 8.42. The van der Waals surface area contributed by atoms with E-state index in [0.717, 1.165) is 0 Å². The summed E-state index contributed by atoms with van der Waals surface area (Å²) in [6.07, 6.45) is 1.33. The second-order valence-corrected chi connectivity index (χ2v) is 4.56. The highest BCUT2D eigenvalue weighted by atomic mass is 32.2. The van der Waals surface area contributed by atoms with Gasteiger partial charge in [0.25, 0.3) is 0 Å². The Morgan fingerprint density at radius 3 is 2.79 bits per heavy atom. The molecule has 1 aromatic carbocycles. The zero-order chi connectivity index (χ0) is 10.6. The molecule has 0 aliphatic heterocycles. The molecule has 5 heteroatoms. The van der Waals surface area contributed by atoms with Crippen LogP contribution in [0.2, 0.25) is 0 Å². The lowest BCUT2D eigenvalue weighted by molar-refractivity contribution is 0.604. The monoisotopic (exact) mass is 212 g/mol. The number of sulfonamides is 1. The van der Waals surface area contributed by atoms with Crippen LogP contribution in [0.4, 0.5) is 11.4 Å². The van der Waals surface area contributed by atoms with Gasteiger partial charge in [0, 0.05) is 5.69 Å². The molecule has 0 fully saturated rings. The summed E-state index contributed by atoms with van der Waals surface area (Å²) in [5.41, 5.74) is 6.48. The van der Waals surface area contributed by atoms with Crippen molar-refractivity contribution in [3.05, 3.63) is 36.9 Å². The van der Waals surface area contributed by atoms with Gasteiger partial charge in [-0.3, -0.25) is 4.72 Å². The number of hydrogen-bond donors (Lipinski definition) is 2. The Balaban J connectivity index is 2.84. The molecule has 14 heavy (non-hydrogen) atoms. The second kappa shape index (κ2) is 4.15. The molecule has 1 aromatic rings. The maximum absolute atomic E-state index is 11.3. The molecule has 0 bridgehead atoms. The van der Waals surface area contributed by atoms with E-state index >= 15 is 0 Å². The Morgan fingerprint density at radius 1 is 1.50 bits per heavy atom. The molecule has 0 aromatic heterocycles. The van der Waals surface area contributed by atoms with Gasteiger partial charge in [0.2, 0.25) is 10.0 Å². The van der Waals surface area contributed by atoms with Crippen LogP contribution in [0.3, 0.4) is 0 Å². The van der Waals surface area contributed by atoms with E-state index in [-0.39, 0.29) is 5.75 Å². The highest BCUT2D eigenvalue weighted by Gasteiger charge is 2.06. The van der Waals surface area contributed by atoms with Crippen LogP contribution in [-0.4, -0.2) is 14.2 Å². The standard InChI is InChI=1S/C9H12N2O2S/c1-2-6-14(12,13)11-9-5-3-4-8(10)7-9/h2-5,7,11H,1,6,10H2. The summed E-state index contributed by atoms with van der Waals surface area (Å²) in [7, 11) is -3.33.